The average Bonchev–Trinajstić information content (AvgIpc) is 3.26. The first-order valence-corrected chi connectivity index (χ1v) is 11.5. The topological polar surface area (TPSA) is 47.0 Å². The molecule has 0 fully saturated rings. The molecule has 1 N–H and O–H groups in total. The van der Waals surface area contributed by atoms with E-state index in [1.807, 2.05) is 54.6 Å². The Labute approximate surface area is 191 Å². The maximum Gasteiger partial charge on any atom is 0.143 e. The van der Waals surface area contributed by atoms with E-state index < -0.39 is 0 Å². The Kier molecular flexibility index (Phi) is 5.57. The number of hydrogen-bond donors (Lipinski definition) is 1. The van der Waals surface area contributed by atoms with Crippen LogP contribution in [-0.4, -0.2) is 9.97 Å². The lowest BCUT2D eigenvalue weighted by Crippen LogP contribution is -1.96. The Morgan fingerprint density at radius 3 is 2.25 bits per heavy atom. The molecule has 3 aromatic carbocycles. The van der Waals surface area contributed by atoms with Crippen molar-refractivity contribution in [2.24, 2.45) is 0 Å². The van der Waals surface area contributed by atoms with E-state index in [2.05, 4.69) is 58.8 Å². The Bertz CT molecular complexity index is 1330. The van der Waals surface area contributed by atoms with Crippen LogP contribution < -0.4 is 10.1 Å². The summed E-state index contributed by atoms with van der Waals surface area (Å²) in [4.78, 5) is 10.0. The molecule has 32 heavy (non-hydrogen) atoms. The number of para-hydroxylation sites is 1. The molecule has 0 saturated heterocycles. The summed E-state index contributed by atoms with van der Waals surface area (Å²) in [5.41, 5.74) is 4.59. The minimum absolute atomic E-state index is 0.512. The molecule has 0 aliphatic carbocycles. The minimum atomic E-state index is 0.512. The van der Waals surface area contributed by atoms with Crippen molar-refractivity contribution in [3.8, 4) is 22.6 Å². The van der Waals surface area contributed by atoms with E-state index in [1.165, 1.54) is 11.1 Å². The Morgan fingerprint density at radius 2 is 1.53 bits per heavy atom. The SMILES string of the molecule is CC(C)c1ccc(-c2csc3ncnc(Nc4ccc(Oc5ccccc5)cc4)c23)cc1. The summed E-state index contributed by atoms with van der Waals surface area (Å²) >= 11 is 1.64. The van der Waals surface area contributed by atoms with Crippen LogP contribution in [0, 0.1) is 0 Å². The number of fused-ring (bicyclic) bond motifs is 1. The van der Waals surface area contributed by atoms with Crippen LogP contribution in [0.4, 0.5) is 11.5 Å². The lowest BCUT2D eigenvalue weighted by Gasteiger charge is -2.11. The molecule has 5 aromatic rings. The molecule has 0 spiro atoms. The van der Waals surface area contributed by atoms with Crippen LogP contribution in [0.3, 0.4) is 0 Å². The van der Waals surface area contributed by atoms with Gasteiger partial charge in [0.1, 0.15) is 28.5 Å². The first-order valence-electron chi connectivity index (χ1n) is 10.6. The largest absolute Gasteiger partial charge is 0.457 e. The summed E-state index contributed by atoms with van der Waals surface area (Å²) in [6.45, 7) is 4.42. The van der Waals surface area contributed by atoms with E-state index in [-0.39, 0.29) is 0 Å². The van der Waals surface area contributed by atoms with Crippen LogP contribution in [-0.2, 0) is 0 Å². The quantitative estimate of drug-likeness (QED) is 0.292. The smallest absolute Gasteiger partial charge is 0.143 e. The van der Waals surface area contributed by atoms with Crippen molar-refractivity contribution >= 4 is 33.1 Å². The number of aromatic nitrogens is 2. The molecule has 0 aliphatic heterocycles. The number of nitrogens with one attached hydrogen (secondary N) is 1. The van der Waals surface area contributed by atoms with Crippen molar-refractivity contribution in [2.75, 3.05) is 5.32 Å². The van der Waals surface area contributed by atoms with Gasteiger partial charge in [0.2, 0.25) is 0 Å². The van der Waals surface area contributed by atoms with E-state index in [4.69, 9.17) is 4.74 Å². The van der Waals surface area contributed by atoms with Gasteiger partial charge in [-0.2, -0.15) is 0 Å². The minimum Gasteiger partial charge on any atom is -0.457 e. The molecule has 0 saturated carbocycles. The molecule has 0 radical (unpaired) electrons. The van der Waals surface area contributed by atoms with E-state index in [0.717, 1.165) is 38.8 Å². The Morgan fingerprint density at radius 1 is 0.812 bits per heavy atom. The number of ether oxygens (including phenoxy) is 1. The van der Waals surface area contributed by atoms with Crippen molar-refractivity contribution < 1.29 is 4.74 Å². The zero-order chi connectivity index (χ0) is 21.9. The molecule has 0 aliphatic rings. The highest BCUT2D eigenvalue weighted by Gasteiger charge is 2.14. The van der Waals surface area contributed by atoms with E-state index in [0.29, 0.717) is 5.92 Å². The van der Waals surface area contributed by atoms with Gasteiger partial charge in [-0.05, 0) is 53.4 Å². The third-order valence-corrected chi connectivity index (χ3v) is 6.24. The third kappa shape index (κ3) is 4.20. The highest BCUT2D eigenvalue weighted by Crippen LogP contribution is 2.38. The normalized spacial score (nSPS) is 11.1. The zero-order valence-electron chi connectivity index (χ0n) is 17.9. The summed E-state index contributed by atoms with van der Waals surface area (Å²) in [6, 6.07) is 26.4. The summed E-state index contributed by atoms with van der Waals surface area (Å²) < 4.78 is 5.89. The molecule has 0 bridgehead atoms. The van der Waals surface area contributed by atoms with Crippen LogP contribution in [0.15, 0.2) is 90.6 Å². The van der Waals surface area contributed by atoms with Crippen LogP contribution in [0.25, 0.3) is 21.3 Å². The summed E-state index contributed by atoms with van der Waals surface area (Å²) in [5.74, 6) is 2.92. The fourth-order valence-electron chi connectivity index (χ4n) is 3.60. The van der Waals surface area contributed by atoms with Gasteiger partial charge in [-0.15, -0.1) is 11.3 Å². The molecule has 2 heterocycles. The maximum absolute atomic E-state index is 5.89. The van der Waals surface area contributed by atoms with Crippen molar-refractivity contribution in [1.82, 2.24) is 9.97 Å². The van der Waals surface area contributed by atoms with Gasteiger partial charge in [0.25, 0.3) is 0 Å². The fraction of sp³-hybridized carbons (Fsp3) is 0.111. The first-order chi connectivity index (χ1) is 15.7. The van der Waals surface area contributed by atoms with Gasteiger partial charge in [0.05, 0.1) is 5.39 Å². The monoisotopic (exact) mass is 437 g/mol. The Hall–Kier alpha value is -3.70. The molecule has 2 aromatic heterocycles. The molecule has 0 atom stereocenters. The lowest BCUT2D eigenvalue weighted by atomic mass is 9.99. The summed E-state index contributed by atoms with van der Waals surface area (Å²) in [5, 5.41) is 6.66. The van der Waals surface area contributed by atoms with Crippen molar-refractivity contribution in [3.05, 3.63) is 96.1 Å². The standard InChI is InChI=1S/C27H23N3OS/c1-18(2)19-8-10-20(11-9-19)24-16-32-27-25(24)26(28-17-29-27)30-21-12-14-23(15-13-21)31-22-6-4-3-5-7-22/h3-18H,1-2H3,(H,28,29,30). The van der Waals surface area contributed by atoms with Crippen molar-refractivity contribution in [1.29, 1.82) is 0 Å². The molecular weight excluding hydrogens is 414 g/mol. The maximum atomic E-state index is 5.89. The van der Waals surface area contributed by atoms with E-state index >= 15 is 0 Å². The van der Waals surface area contributed by atoms with Gasteiger partial charge in [-0.1, -0.05) is 56.3 Å². The van der Waals surface area contributed by atoms with E-state index in [1.54, 1.807) is 17.7 Å². The third-order valence-electron chi connectivity index (χ3n) is 5.35. The molecule has 4 nitrogen and oxygen atoms in total. The van der Waals surface area contributed by atoms with Gasteiger partial charge in [-0.25, -0.2) is 9.97 Å². The van der Waals surface area contributed by atoms with Crippen LogP contribution in [0.2, 0.25) is 0 Å². The summed E-state index contributed by atoms with van der Waals surface area (Å²) in [6.07, 6.45) is 1.61. The van der Waals surface area contributed by atoms with E-state index in [9.17, 15) is 0 Å². The lowest BCUT2D eigenvalue weighted by molar-refractivity contribution is 0.483. The fourth-order valence-corrected chi connectivity index (χ4v) is 4.51. The molecular formula is C27H23N3OS. The number of rotatable bonds is 6. The second kappa shape index (κ2) is 8.81. The van der Waals surface area contributed by atoms with Gasteiger partial charge in [0, 0.05) is 16.6 Å². The van der Waals surface area contributed by atoms with Crippen LogP contribution >= 0.6 is 11.3 Å². The number of anilines is 2. The van der Waals surface area contributed by atoms with Crippen LogP contribution in [0.1, 0.15) is 25.3 Å². The first kappa shape index (κ1) is 20.2. The second-order valence-electron chi connectivity index (χ2n) is 7.89. The highest BCUT2D eigenvalue weighted by molar-refractivity contribution is 7.17. The molecule has 0 unspecified atom stereocenters. The van der Waals surface area contributed by atoms with Crippen molar-refractivity contribution in [2.45, 2.75) is 19.8 Å². The number of hydrogen-bond acceptors (Lipinski definition) is 5. The predicted octanol–water partition coefficient (Wildman–Crippen LogP) is 8.02. The summed E-state index contributed by atoms with van der Waals surface area (Å²) in [7, 11) is 0. The number of nitrogens with zero attached hydrogens (tertiary/aromatic N) is 2. The Balaban J connectivity index is 1.43. The molecule has 0 amide bonds. The predicted molar refractivity (Wildman–Crippen MR) is 133 cm³/mol. The van der Waals surface area contributed by atoms with Gasteiger partial charge < -0.3 is 10.1 Å². The van der Waals surface area contributed by atoms with Crippen molar-refractivity contribution in [3.63, 3.8) is 0 Å². The average molecular weight is 438 g/mol. The van der Waals surface area contributed by atoms with Gasteiger partial charge >= 0.3 is 0 Å². The number of thiophene rings is 1. The highest BCUT2D eigenvalue weighted by atomic mass is 32.1. The second-order valence-corrected chi connectivity index (χ2v) is 8.75. The van der Waals surface area contributed by atoms with Gasteiger partial charge in [-0.3, -0.25) is 0 Å². The molecule has 5 rings (SSSR count). The van der Waals surface area contributed by atoms with Crippen LogP contribution in [0.5, 0.6) is 11.5 Å². The zero-order valence-corrected chi connectivity index (χ0v) is 18.8. The number of benzene rings is 3. The molecule has 158 valence electrons. The van der Waals surface area contributed by atoms with Gasteiger partial charge in [0.15, 0.2) is 0 Å². The molecule has 5 heteroatoms.